The third kappa shape index (κ3) is 5.35. The Morgan fingerprint density at radius 2 is 1.69 bits per heavy atom. The fourth-order valence-electron chi connectivity index (χ4n) is 4.88. The molecular formula is C30H36N4O2. The number of likely N-dealkylation sites (tertiary alicyclic amines) is 1. The van der Waals surface area contributed by atoms with E-state index in [2.05, 4.69) is 61.9 Å². The predicted molar refractivity (Wildman–Crippen MR) is 149 cm³/mol. The maximum atomic E-state index is 12.1. The normalized spacial score (nSPS) is 14.7. The summed E-state index contributed by atoms with van der Waals surface area (Å²) in [7, 11) is 6.55. The van der Waals surface area contributed by atoms with Crippen LogP contribution in [0.25, 0.3) is 32.9 Å². The largest absolute Gasteiger partial charge is 0.366 e. The standard InChI is InChI=1S/C22H18N2O2.C8H18N2/c1-12-3-5-15(7-13(12)2)16-9-18-17-8-14(11-25)4-6-20(17)24-21(18)19(10-16)22(23)26;1-9(2)8-4-6-10(3)7-5-8/h3-11,24H,1-2H3,(H2,23,26);8H,4-7H2,1-3H3. The lowest BCUT2D eigenvalue weighted by Gasteiger charge is -2.32. The van der Waals surface area contributed by atoms with E-state index in [0.29, 0.717) is 16.6 Å². The topological polar surface area (TPSA) is 82.4 Å². The van der Waals surface area contributed by atoms with E-state index in [1.54, 1.807) is 6.07 Å². The minimum absolute atomic E-state index is 0.444. The summed E-state index contributed by atoms with van der Waals surface area (Å²) in [5.74, 6) is -0.483. The molecule has 5 rings (SSSR count). The van der Waals surface area contributed by atoms with Gasteiger partial charge in [0.1, 0.15) is 6.29 Å². The minimum Gasteiger partial charge on any atom is -0.366 e. The zero-order valence-electron chi connectivity index (χ0n) is 21.9. The molecule has 6 heteroatoms. The number of aromatic amines is 1. The molecule has 6 nitrogen and oxygen atoms in total. The van der Waals surface area contributed by atoms with Gasteiger partial charge in [-0.3, -0.25) is 9.59 Å². The lowest BCUT2D eigenvalue weighted by Crippen LogP contribution is -2.40. The number of aldehydes is 1. The van der Waals surface area contributed by atoms with Crippen LogP contribution in [0, 0.1) is 13.8 Å². The Labute approximate surface area is 213 Å². The first-order valence-corrected chi connectivity index (χ1v) is 12.4. The number of piperidine rings is 1. The Kier molecular flexibility index (Phi) is 7.57. The van der Waals surface area contributed by atoms with Gasteiger partial charge in [-0.05, 0) is 114 Å². The molecule has 1 aliphatic heterocycles. The summed E-state index contributed by atoms with van der Waals surface area (Å²) in [6.45, 7) is 6.66. The monoisotopic (exact) mass is 484 g/mol. The third-order valence-electron chi connectivity index (χ3n) is 7.39. The number of amides is 1. The van der Waals surface area contributed by atoms with E-state index in [9.17, 15) is 9.59 Å². The number of aryl methyl sites for hydroxylation is 2. The zero-order chi connectivity index (χ0) is 26.0. The number of carbonyl (C=O) groups is 2. The number of rotatable bonds is 4. The van der Waals surface area contributed by atoms with Crippen LogP contribution in [-0.2, 0) is 0 Å². The van der Waals surface area contributed by atoms with Crippen LogP contribution in [-0.4, -0.2) is 67.3 Å². The van der Waals surface area contributed by atoms with E-state index < -0.39 is 5.91 Å². The second-order valence-electron chi connectivity index (χ2n) is 10.2. The van der Waals surface area contributed by atoms with Crippen molar-refractivity contribution < 1.29 is 9.59 Å². The molecule has 0 radical (unpaired) electrons. The predicted octanol–water partition coefficient (Wildman–Crippen LogP) is 5.16. The highest BCUT2D eigenvalue weighted by Crippen LogP contribution is 2.33. The molecule has 0 saturated carbocycles. The Bertz CT molecular complexity index is 1410. The summed E-state index contributed by atoms with van der Waals surface area (Å²) in [6.07, 6.45) is 3.49. The first-order valence-electron chi connectivity index (χ1n) is 12.4. The number of benzene rings is 3. The summed E-state index contributed by atoms with van der Waals surface area (Å²) >= 11 is 0. The van der Waals surface area contributed by atoms with Crippen molar-refractivity contribution >= 4 is 34.0 Å². The number of nitrogens with zero attached hydrogens (tertiary/aromatic N) is 2. The first kappa shape index (κ1) is 25.6. The molecular weight excluding hydrogens is 448 g/mol. The van der Waals surface area contributed by atoms with E-state index in [1.807, 2.05) is 30.3 Å². The van der Waals surface area contributed by atoms with Gasteiger partial charge < -0.3 is 20.5 Å². The highest BCUT2D eigenvalue weighted by Gasteiger charge is 2.17. The van der Waals surface area contributed by atoms with Crippen LogP contribution in [0.2, 0.25) is 0 Å². The average molecular weight is 485 g/mol. The van der Waals surface area contributed by atoms with E-state index >= 15 is 0 Å². The number of primary amides is 1. The first-order chi connectivity index (χ1) is 17.2. The van der Waals surface area contributed by atoms with Gasteiger partial charge in [-0.15, -0.1) is 0 Å². The molecule has 1 fully saturated rings. The number of carbonyl (C=O) groups excluding carboxylic acids is 2. The molecule has 4 aromatic rings. The summed E-state index contributed by atoms with van der Waals surface area (Å²) in [5.41, 5.74) is 12.6. The van der Waals surface area contributed by atoms with Gasteiger partial charge >= 0.3 is 0 Å². The SMILES string of the molecule is CN1CCC(N(C)C)CC1.Cc1ccc(-c2cc(C(N)=O)c3[nH]c4ccc(C=O)cc4c3c2)cc1C. The quantitative estimate of drug-likeness (QED) is 0.392. The van der Waals surface area contributed by atoms with E-state index in [-0.39, 0.29) is 0 Å². The number of hydrogen-bond acceptors (Lipinski definition) is 4. The molecule has 0 bridgehead atoms. The van der Waals surface area contributed by atoms with Gasteiger partial charge in [0.2, 0.25) is 0 Å². The van der Waals surface area contributed by atoms with Gasteiger partial charge in [0, 0.05) is 27.9 Å². The number of aromatic nitrogens is 1. The fourth-order valence-corrected chi connectivity index (χ4v) is 4.88. The van der Waals surface area contributed by atoms with Crippen LogP contribution >= 0.6 is 0 Å². The van der Waals surface area contributed by atoms with Crippen molar-refractivity contribution in [3.05, 3.63) is 70.8 Å². The van der Waals surface area contributed by atoms with Gasteiger partial charge in [0.05, 0.1) is 11.1 Å². The van der Waals surface area contributed by atoms with Gasteiger partial charge in [0.25, 0.3) is 5.91 Å². The number of fused-ring (bicyclic) bond motifs is 3. The van der Waals surface area contributed by atoms with Crippen LogP contribution in [0.1, 0.15) is 44.7 Å². The molecule has 3 aromatic carbocycles. The second-order valence-corrected chi connectivity index (χ2v) is 10.2. The van der Waals surface area contributed by atoms with Crippen LogP contribution in [0.3, 0.4) is 0 Å². The van der Waals surface area contributed by atoms with Crippen LogP contribution in [0.4, 0.5) is 0 Å². The third-order valence-corrected chi connectivity index (χ3v) is 7.39. The molecule has 3 N–H and O–H groups in total. The summed E-state index contributed by atoms with van der Waals surface area (Å²) in [5, 5.41) is 1.78. The van der Waals surface area contributed by atoms with E-state index in [0.717, 1.165) is 39.7 Å². The molecule has 188 valence electrons. The van der Waals surface area contributed by atoms with E-state index in [1.165, 1.54) is 37.1 Å². The maximum absolute atomic E-state index is 12.1. The van der Waals surface area contributed by atoms with Crippen molar-refractivity contribution in [2.75, 3.05) is 34.2 Å². The molecule has 2 heterocycles. The lowest BCUT2D eigenvalue weighted by molar-refractivity contribution is 0.100. The van der Waals surface area contributed by atoms with Crippen molar-refractivity contribution in [2.24, 2.45) is 5.73 Å². The van der Waals surface area contributed by atoms with Crippen LogP contribution < -0.4 is 5.73 Å². The summed E-state index contributed by atoms with van der Waals surface area (Å²) in [6, 6.07) is 16.3. The molecule has 1 aliphatic rings. The molecule has 0 unspecified atom stereocenters. The smallest absolute Gasteiger partial charge is 0.250 e. The van der Waals surface area contributed by atoms with Crippen molar-refractivity contribution in [1.82, 2.24) is 14.8 Å². The Morgan fingerprint density at radius 3 is 2.31 bits per heavy atom. The zero-order valence-corrected chi connectivity index (χ0v) is 21.9. The molecule has 0 atom stereocenters. The summed E-state index contributed by atoms with van der Waals surface area (Å²) in [4.78, 5) is 31.2. The molecule has 1 saturated heterocycles. The second kappa shape index (κ2) is 10.6. The van der Waals surface area contributed by atoms with E-state index in [4.69, 9.17) is 5.73 Å². The number of hydrogen-bond donors (Lipinski definition) is 2. The Balaban J connectivity index is 0.000000256. The van der Waals surface area contributed by atoms with Gasteiger partial charge in [-0.25, -0.2) is 0 Å². The van der Waals surface area contributed by atoms with Gasteiger partial charge in [-0.1, -0.05) is 18.2 Å². The van der Waals surface area contributed by atoms with Crippen molar-refractivity contribution in [2.45, 2.75) is 32.7 Å². The highest BCUT2D eigenvalue weighted by molar-refractivity contribution is 6.16. The van der Waals surface area contributed by atoms with Crippen molar-refractivity contribution in [1.29, 1.82) is 0 Å². The van der Waals surface area contributed by atoms with Crippen molar-refractivity contribution in [3.8, 4) is 11.1 Å². The molecule has 1 aromatic heterocycles. The molecule has 1 amide bonds. The average Bonchev–Trinajstić information content (AvgIpc) is 3.23. The molecule has 0 aliphatic carbocycles. The fraction of sp³-hybridized carbons (Fsp3) is 0.333. The maximum Gasteiger partial charge on any atom is 0.250 e. The summed E-state index contributed by atoms with van der Waals surface area (Å²) < 4.78 is 0. The van der Waals surface area contributed by atoms with Gasteiger partial charge in [-0.2, -0.15) is 0 Å². The minimum atomic E-state index is -0.483. The number of nitrogens with one attached hydrogen (secondary N) is 1. The number of H-pyrrole nitrogens is 1. The van der Waals surface area contributed by atoms with Crippen LogP contribution in [0.15, 0.2) is 48.5 Å². The Hall–Kier alpha value is -3.48. The van der Waals surface area contributed by atoms with Gasteiger partial charge in [0.15, 0.2) is 0 Å². The molecule has 36 heavy (non-hydrogen) atoms. The number of nitrogens with two attached hydrogens (primary N) is 1. The lowest BCUT2D eigenvalue weighted by atomic mass is 9.96. The Morgan fingerprint density at radius 1 is 0.972 bits per heavy atom. The molecule has 0 spiro atoms. The van der Waals surface area contributed by atoms with Crippen LogP contribution in [0.5, 0.6) is 0 Å². The highest BCUT2D eigenvalue weighted by atomic mass is 16.1. The van der Waals surface area contributed by atoms with Crippen molar-refractivity contribution in [3.63, 3.8) is 0 Å².